The predicted molar refractivity (Wildman–Crippen MR) is 80.1 cm³/mol. The fourth-order valence-electron chi connectivity index (χ4n) is 3.98. The molecule has 1 aromatic rings. The van der Waals surface area contributed by atoms with Crippen molar-refractivity contribution in [3.8, 4) is 0 Å². The Kier molecular flexibility index (Phi) is 4.19. The Hall–Kier alpha value is -0.860. The number of hydrogen-bond donors (Lipinski definition) is 1. The topological polar surface area (TPSA) is 29.3 Å². The summed E-state index contributed by atoms with van der Waals surface area (Å²) in [6.07, 6.45) is 5.78. The highest BCUT2D eigenvalue weighted by molar-refractivity contribution is 5.22. The molecule has 104 valence electrons. The van der Waals surface area contributed by atoms with Gasteiger partial charge in [-0.1, -0.05) is 43.2 Å². The summed E-state index contributed by atoms with van der Waals surface area (Å²) in [5.41, 5.74) is 7.48. The first-order chi connectivity index (χ1) is 9.36. The van der Waals surface area contributed by atoms with Crippen LogP contribution in [-0.4, -0.2) is 31.1 Å². The van der Waals surface area contributed by atoms with E-state index in [1.165, 1.54) is 50.9 Å². The molecule has 0 amide bonds. The molecule has 0 aromatic heterocycles. The van der Waals surface area contributed by atoms with E-state index in [-0.39, 0.29) is 0 Å². The van der Waals surface area contributed by atoms with Gasteiger partial charge in [-0.15, -0.1) is 0 Å². The average molecular weight is 258 g/mol. The molecule has 2 heteroatoms. The van der Waals surface area contributed by atoms with Crippen molar-refractivity contribution in [1.29, 1.82) is 0 Å². The lowest BCUT2D eigenvalue weighted by molar-refractivity contribution is 0.270. The second-order valence-electron chi connectivity index (χ2n) is 6.38. The van der Waals surface area contributed by atoms with Gasteiger partial charge in [-0.25, -0.2) is 0 Å². The zero-order chi connectivity index (χ0) is 13.1. The van der Waals surface area contributed by atoms with E-state index in [4.69, 9.17) is 5.73 Å². The summed E-state index contributed by atoms with van der Waals surface area (Å²) in [6, 6.07) is 11.0. The van der Waals surface area contributed by atoms with Gasteiger partial charge in [0.2, 0.25) is 0 Å². The van der Waals surface area contributed by atoms with Crippen molar-refractivity contribution in [3.05, 3.63) is 35.9 Å². The van der Waals surface area contributed by atoms with Gasteiger partial charge >= 0.3 is 0 Å². The largest absolute Gasteiger partial charge is 0.330 e. The normalized spacial score (nSPS) is 29.1. The molecule has 1 heterocycles. The zero-order valence-electron chi connectivity index (χ0n) is 11.8. The van der Waals surface area contributed by atoms with Crippen molar-refractivity contribution in [2.45, 2.75) is 31.6 Å². The number of rotatable bonds is 4. The molecule has 2 fully saturated rings. The van der Waals surface area contributed by atoms with Gasteiger partial charge in [-0.2, -0.15) is 0 Å². The summed E-state index contributed by atoms with van der Waals surface area (Å²) in [7, 11) is 0. The monoisotopic (exact) mass is 258 g/mol. The lowest BCUT2D eigenvalue weighted by Gasteiger charge is -2.20. The molecule has 19 heavy (non-hydrogen) atoms. The summed E-state index contributed by atoms with van der Waals surface area (Å²) in [4.78, 5) is 2.67. The van der Waals surface area contributed by atoms with E-state index >= 15 is 0 Å². The van der Waals surface area contributed by atoms with Crippen LogP contribution in [0.25, 0.3) is 0 Å². The number of hydrogen-bond acceptors (Lipinski definition) is 2. The van der Waals surface area contributed by atoms with Crippen molar-refractivity contribution in [1.82, 2.24) is 4.90 Å². The third-order valence-corrected chi connectivity index (χ3v) is 5.04. The van der Waals surface area contributed by atoms with Crippen LogP contribution in [-0.2, 0) is 0 Å². The van der Waals surface area contributed by atoms with Crippen LogP contribution in [0.3, 0.4) is 0 Å². The molecule has 1 saturated heterocycles. The van der Waals surface area contributed by atoms with Gasteiger partial charge in [0, 0.05) is 25.6 Å². The molecule has 0 unspecified atom stereocenters. The van der Waals surface area contributed by atoms with Crippen LogP contribution in [0.5, 0.6) is 0 Å². The molecule has 3 rings (SSSR count). The standard InChI is InChI=1S/C17H26N2/c18-10-16-12-19(11-14-6-4-5-7-14)13-17(16)15-8-2-1-3-9-15/h1-3,8-9,14,16-17H,4-7,10-13,18H2/t16-,17+/m1/s1. The van der Waals surface area contributed by atoms with E-state index in [0.717, 1.165) is 12.5 Å². The average Bonchev–Trinajstić information content (AvgIpc) is 3.09. The van der Waals surface area contributed by atoms with Gasteiger partial charge in [0.25, 0.3) is 0 Å². The Morgan fingerprint density at radius 2 is 1.79 bits per heavy atom. The Morgan fingerprint density at radius 3 is 2.47 bits per heavy atom. The first-order valence-electron chi connectivity index (χ1n) is 7.84. The van der Waals surface area contributed by atoms with Crippen molar-refractivity contribution in [2.24, 2.45) is 17.6 Å². The highest BCUT2D eigenvalue weighted by Crippen LogP contribution is 2.34. The molecule has 1 aliphatic heterocycles. The minimum atomic E-state index is 0.642. The summed E-state index contributed by atoms with van der Waals surface area (Å²) < 4.78 is 0. The minimum absolute atomic E-state index is 0.642. The van der Waals surface area contributed by atoms with E-state index in [1.807, 2.05) is 0 Å². The smallest absolute Gasteiger partial charge is 0.00541 e. The molecule has 1 aliphatic carbocycles. The molecule has 0 spiro atoms. The quantitative estimate of drug-likeness (QED) is 0.900. The number of nitrogens with zero attached hydrogens (tertiary/aromatic N) is 1. The van der Waals surface area contributed by atoms with E-state index in [2.05, 4.69) is 35.2 Å². The summed E-state index contributed by atoms with van der Waals surface area (Å²) in [5, 5.41) is 0. The maximum absolute atomic E-state index is 6.01. The van der Waals surface area contributed by atoms with Gasteiger partial charge in [0.05, 0.1) is 0 Å². The Bertz CT molecular complexity index is 384. The van der Waals surface area contributed by atoms with E-state index in [0.29, 0.717) is 11.8 Å². The molecule has 1 aromatic carbocycles. The van der Waals surface area contributed by atoms with Crippen molar-refractivity contribution in [3.63, 3.8) is 0 Å². The van der Waals surface area contributed by atoms with Crippen LogP contribution >= 0.6 is 0 Å². The molecule has 2 aliphatic rings. The lowest BCUT2D eigenvalue weighted by Crippen LogP contribution is -2.27. The van der Waals surface area contributed by atoms with Gasteiger partial charge in [-0.05, 0) is 36.8 Å². The Morgan fingerprint density at radius 1 is 1.05 bits per heavy atom. The summed E-state index contributed by atoms with van der Waals surface area (Å²) in [5.74, 6) is 2.24. The van der Waals surface area contributed by atoms with Crippen molar-refractivity contribution in [2.75, 3.05) is 26.2 Å². The second kappa shape index (κ2) is 6.06. The first kappa shape index (κ1) is 13.1. The van der Waals surface area contributed by atoms with E-state index in [9.17, 15) is 0 Å². The molecule has 0 radical (unpaired) electrons. The van der Waals surface area contributed by atoms with Crippen LogP contribution in [0, 0.1) is 11.8 Å². The number of nitrogens with two attached hydrogens (primary N) is 1. The highest BCUT2D eigenvalue weighted by atomic mass is 15.2. The molecular weight excluding hydrogens is 232 g/mol. The van der Waals surface area contributed by atoms with Gasteiger partial charge in [-0.3, -0.25) is 0 Å². The van der Waals surface area contributed by atoms with Crippen LogP contribution in [0.15, 0.2) is 30.3 Å². The lowest BCUT2D eigenvalue weighted by atomic mass is 9.89. The van der Waals surface area contributed by atoms with Gasteiger partial charge < -0.3 is 10.6 Å². The van der Waals surface area contributed by atoms with Crippen LogP contribution in [0.1, 0.15) is 37.2 Å². The maximum Gasteiger partial charge on any atom is 0.00541 e. The van der Waals surface area contributed by atoms with Gasteiger partial charge in [0.1, 0.15) is 0 Å². The molecule has 0 bridgehead atoms. The third-order valence-electron chi connectivity index (χ3n) is 5.04. The zero-order valence-corrected chi connectivity index (χ0v) is 11.8. The SMILES string of the molecule is NC[C@@H]1CN(CC2CCCC2)C[C@H]1c1ccccc1. The van der Waals surface area contributed by atoms with E-state index < -0.39 is 0 Å². The molecule has 2 N–H and O–H groups in total. The molecule has 1 saturated carbocycles. The number of likely N-dealkylation sites (tertiary alicyclic amines) is 1. The minimum Gasteiger partial charge on any atom is -0.330 e. The Labute approximate surface area is 117 Å². The molecule has 2 nitrogen and oxygen atoms in total. The Balaban J connectivity index is 1.64. The van der Waals surface area contributed by atoms with Crippen LogP contribution in [0.4, 0.5) is 0 Å². The predicted octanol–water partition coefficient (Wildman–Crippen LogP) is 2.85. The first-order valence-corrected chi connectivity index (χ1v) is 7.84. The fraction of sp³-hybridized carbons (Fsp3) is 0.647. The fourth-order valence-corrected chi connectivity index (χ4v) is 3.98. The summed E-state index contributed by atoms with van der Waals surface area (Å²) >= 11 is 0. The highest BCUT2D eigenvalue weighted by Gasteiger charge is 2.33. The van der Waals surface area contributed by atoms with Crippen molar-refractivity contribution < 1.29 is 0 Å². The van der Waals surface area contributed by atoms with Gasteiger partial charge in [0.15, 0.2) is 0 Å². The van der Waals surface area contributed by atoms with Crippen molar-refractivity contribution >= 4 is 0 Å². The molecular formula is C17H26N2. The maximum atomic E-state index is 6.01. The van der Waals surface area contributed by atoms with Crippen LogP contribution < -0.4 is 5.73 Å². The second-order valence-corrected chi connectivity index (χ2v) is 6.38. The number of benzene rings is 1. The van der Waals surface area contributed by atoms with E-state index in [1.54, 1.807) is 0 Å². The third kappa shape index (κ3) is 3.01. The summed E-state index contributed by atoms with van der Waals surface area (Å²) in [6.45, 7) is 4.54. The van der Waals surface area contributed by atoms with Crippen LogP contribution in [0.2, 0.25) is 0 Å². The molecule has 2 atom stereocenters.